The van der Waals surface area contributed by atoms with Gasteiger partial charge in [-0.3, -0.25) is 9.59 Å². The van der Waals surface area contributed by atoms with Gasteiger partial charge in [-0.15, -0.1) is 0 Å². The van der Waals surface area contributed by atoms with E-state index >= 15 is 0 Å². The van der Waals surface area contributed by atoms with Gasteiger partial charge in [0.15, 0.2) is 0 Å². The molecular weight excluding hydrogens is 299 g/mol. The number of halogens is 1. The molecule has 5 nitrogen and oxygen atoms in total. The van der Waals surface area contributed by atoms with E-state index in [4.69, 9.17) is 4.74 Å². The van der Waals surface area contributed by atoms with E-state index in [1.807, 2.05) is 0 Å². The lowest BCUT2D eigenvalue weighted by molar-refractivity contribution is -0.121. The summed E-state index contributed by atoms with van der Waals surface area (Å²) in [5.41, 5.74) is 0.956. The van der Waals surface area contributed by atoms with Crippen molar-refractivity contribution in [3.05, 3.63) is 54.3 Å². The first kappa shape index (κ1) is 15.0. The van der Waals surface area contributed by atoms with Gasteiger partial charge >= 0.3 is 0 Å². The Morgan fingerprint density at radius 1 is 1.17 bits per heavy atom. The smallest absolute Gasteiger partial charge is 0.256 e. The average Bonchev–Trinajstić information content (AvgIpc) is 2.82. The van der Waals surface area contributed by atoms with Gasteiger partial charge in [-0.2, -0.15) is 0 Å². The van der Waals surface area contributed by atoms with Gasteiger partial charge in [0.25, 0.3) is 5.91 Å². The Morgan fingerprint density at radius 3 is 2.57 bits per heavy atom. The van der Waals surface area contributed by atoms with Gasteiger partial charge in [0.2, 0.25) is 5.91 Å². The molecule has 2 amide bonds. The lowest BCUT2D eigenvalue weighted by Gasteiger charge is -2.16. The molecule has 0 radical (unpaired) electrons. The SMILES string of the molecule is COc1ccc(N[C@H]2CC(=O)N(c3cccc(F)c3)C2=O)cc1. The van der Waals surface area contributed by atoms with Crippen LogP contribution < -0.4 is 15.0 Å². The zero-order valence-electron chi connectivity index (χ0n) is 12.5. The zero-order valence-corrected chi connectivity index (χ0v) is 12.5. The standard InChI is InChI=1S/C17H15FN2O3/c1-23-14-7-5-12(6-8-14)19-15-10-16(21)20(17(15)22)13-4-2-3-11(18)9-13/h2-9,15,19H,10H2,1H3/t15-/m0/s1. The highest BCUT2D eigenvalue weighted by Crippen LogP contribution is 2.26. The molecule has 0 spiro atoms. The van der Waals surface area contributed by atoms with Crippen LogP contribution in [0.25, 0.3) is 0 Å². The number of methoxy groups -OCH3 is 1. The van der Waals surface area contributed by atoms with Gasteiger partial charge in [-0.1, -0.05) is 6.07 Å². The molecule has 1 atom stereocenters. The number of imide groups is 1. The Morgan fingerprint density at radius 2 is 1.91 bits per heavy atom. The number of benzene rings is 2. The monoisotopic (exact) mass is 314 g/mol. The lowest BCUT2D eigenvalue weighted by Crippen LogP contribution is -2.34. The van der Waals surface area contributed by atoms with Crippen LogP contribution in [-0.2, 0) is 9.59 Å². The summed E-state index contributed by atoms with van der Waals surface area (Å²) in [5, 5.41) is 3.03. The van der Waals surface area contributed by atoms with Crippen molar-refractivity contribution in [2.24, 2.45) is 0 Å². The maximum atomic E-state index is 13.3. The molecule has 1 heterocycles. The van der Waals surface area contributed by atoms with Gasteiger partial charge in [0, 0.05) is 5.69 Å². The zero-order chi connectivity index (χ0) is 16.4. The Bertz CT molecular complexity index is 746. The number of nitrogens with one attached hydrogen (secondary N) is 1. The fourth-order valence-electron chi connectivity index (χ4n) is 2.52. The number of carbonyl (C=O) groups is 2. The maximum Gasteiger partial charge on any atom is 0.256 e. The van der Waals surface area contributed by atoms with Gasteiger partial charge in [0.1, 0.15) is 17.6 Å². The number of amides is 2. The summed E-state index contributed by atoms with van der Waals surface area (Å²) < 4.78 is 18.4. The number of hydrogen-bond donors (Lipinski definition) is 1. The maximum absolute atomic E-state index is 13.3. The molecular formula is C17H15FN2O3. The molecule has 23 heavy (non-hydrogen) atoms. The Labute approximate surface area is 132 Å². The Hall–Kier alpha value is -2.89. The van der Waals surface area contributed by atoms with Crippen molar-refractivity contribution in [1.82, 2.24) is 0 Å². The highest BCUT2D eigenvalue weighted by atomic mass is 19.1. The number of anilines is 2. The number of rotatable bonds is 4. The second kappa shape index (κ2) is 6.08. The van der Waals surface area contributed by atoms with Crippen LogP contribution in [0.5, 0.6) is 5.75 Å². The van der Waals surface area contributed by atoms with Crippen molar-refractivity contribution < 1.29 is 18.7 Å². The highest BCUT2D eigenvalue weighted by Gasteiger charge is 2.39. The molecule has 0 bridgehead atoms. The number of carbonyl (C=O) groups excluding carboxylic acids is 2. The average molecular weight is 314 g/mol. The number of ether oxygens (including phenoxy) is 1. The molecule has 0 unspecified atom stereocenters. The van der Waals surface area contributed by atoms with Crippen molar-refractivity contribution in [3.8, 4) is 5.75 Å². The second-order valence-electron chi connectivity index (χ2n) is 5.18. The number of hydrogen-bond acceptors (Lipinski definition) is 4. The minimum absolute atomic E-state index is 0.0291. The summed E-state index contributed by atoms with van der Waals surface area (Å²) in [5.74, 6) is -0.538. The van der Waals surface area contributed by atoms with Crippen molar-refractivity contribution in [1.29, 1.82) is 0 Å². The summed E-state index contributed by atoms with van der Waals surface area (Å²) in [6, 6.07) is 11.8. The van der Waals surface area contributed by atoms with Crippen LogP contribution in [0.3, 0.4) is 0 Å². The highest BCUT2D eigenvalue weighted by molar-refractivity contribution is 6.23. The van der Waals surface area contributed by atoms with E-state index in [9.17, 15) is 14.0 Å². The topological polar surface area (TPSA) is 58.6 Å². The minimum Gasteiger partial charge on any atom is -0.497 e. The first-order valence-electron chi connectivity index (χ1n) is 7.11. The van der Waals surface area contributed by atoms with Crippen LogP contribution in [0.4, 0.5) is 15.8 Å². The molecule has 1 N–H and O–H groups in total. The molecule has 1 aliphatic heterocycles. The molecule has 2 aromatic carbocycles. The van der Waals surface area contributed by atoms with Crippen molar-refractivity contribution in [2.45, 2.75) is 12.5 Å². The minimum atomic E-state index is -0.667. The Kier molecular flexibility index (Phi) is 3.97. The predicted molar refractivity (Wildman–Crippen MR) is 83.9 cm³/mol. The third kappa shape index (κ3) is 3.01. The summed E-state index contributed by atoms with van der Waals surface area (Å²) in [4.78, 5) is 25.6. The van der Waals surface area contributed by atoms with Crippen LogP contribution in [-0.4, -0.2) is 25.0 Å². The molecule has 118 valence electrons. The third-order valence-corrected chi connectivity index (χ3v) is 3.64. The van der Waals surface area contributed by atoms with Gasteiger partial charge in [-0.25, -0.2) is 9.29 Å². The van der Waals surface area contributed by atoms with E-state index in [1.54, 1.807) is 31.4 Å². The molecule has 6 heteroatoms. The molecule has 0 saturated carbocycles. The molecule has 1 aliphatic rings. The normalized spacial score (nSPS) is 17.5. The molecule has 3 rings (SSSR count). The van der Waals surface area contributed by atoms with E-state index in [0.29, 0.717) is 11.4 Å². The molecule has 0 aliphatic carbocycles. The van der Waals surface area contributed by atoms with E-state index in [0.717, 1.165) is 4.90 Å². The largest absolute Gasteiger partial charge is 0.497 e. The lowest BCUT2D eigenvalue weighted by atomic mass is 10.2. The molecule has 2 aromatic rings. The Balaban J connectivity index is 1.78. The van der Waals surface area contributed by atoms with Crippen LogP contribution in [0.2, 0.25) is 0 Å². The van der Waals surface area contributed by atoms with Crippen LogP contribution >= 0.6 is 0 Å². The second-order valence-corrected chi connectivity index (χ2v) is 5.18. The fraction of sp³-hybridized carbons (Fsp3) is 0.176. The summed E-state index contributed by atoms with van der Waals surface area (Å²) >= 11 is 0. The fourth-order valence-corrected chi connectivity index (χ4v) is 2.52. The molecule has 1 fully saturated rings. The summed E-state index contributed by atoms with van der Waals surface area (Å²) in [7, 11) is 1.57. The van der Waals surface area contributed by atoms with Crippen molar-refractivity contribution >= 4 is 23.2 Å². The third-order valence-electron chi connectivity index (χ3n) is 3.64. The first-order chi connectivity index (χ1) is 11.1. The number of nitrogens with zero attached hydrogens (tertiary/aromatic N) is 1. The summed E-state index contributed by atoms with van der Waals surface area (Å²) in [6.07, 6.45) is 0.0291. The first-order valence-corrected chi connectivity index (χ1v) is 7.11. The predicted octanol–water partition coefficient (Wildman–Crippen LogP) is 2.58. The van der Waals surface area contributed by atoms with E-state index in [2.05, 4.69) is 5.32 Å². The van der Waals surface area contributed by atoms with Crippen molar-refractivity contribution in [2.75, 3.05) is 17.3 Å². The van der Waals surface area contributed by atoms with Crippen molar-refractivity contribution in [3.63, 3.8) is 0 Å². The van der Waals surface area contributed by atoms with Crippen LogP contribution in [0.15, 0.2) is 48.5 Å². The van der Waals surface area contributed by atoms with Crippen LogP contribution in [0, 0.1) is 5.82 Å². The van der Waals surface area contributed by atoms with Gasteiger partial charge in [-0.05, 0) is 42.5 Å². The molecule has 1 saturated heterocycles. The van der Waals surface area contributed by atoms with Crippen LogP contribution in [0.1, 0.15) is 6.42 Å². The van der Waals surface area contributed by atoms with Gasteiger partial charge in [0.05, 0.1) is 19.2 Å². The van der Waals surface area contributed by atoms with E-state index in [1.165, 1.54) is 24.3 Å². The summed E-state index contributed by atoms with van der Waals surface area (Å²) in [6.45, 7) is 0. The molecule has 0 aromatic heterocycles. The van der Waals surface area contributed by atoms with E-state index < -0.39 is 17.8 Å². The van der Waals surface area contributed by atoms with Gasteiger partial charge < -0.3 is 10.1 Å². The van der Waals surface area contributed by atoms with E-state index in [-0.39, 0.29) is 18.0 Å². The quantitative estimate of drug-likeness (QED) is 0.881.